The molecule has 1 aromatic carbocycles. The Balaban J connectivity index is 1.76. The van der Waals surface area contributed by atoms with E-state index in [4.69, 9.17) is 5.11 Å². The van der Waals surface area contributed by atoms with Crippen LogP contribution in [-0.2, 0) is 4.79 Å². The fourth-order valence-electron chi connectivity index (χ4n) is 2.60. The number of carbonyl (C=O) groups is 2. The minimum Gasteiger partial charge on any atom is -0.481 e. The van der Waals surface area contributed by atoms with Gasteiger partial charge in [0, 0.05) is 17.8 Å². The van der Waals surface area contributed by atoms with Gasteiger partial charge in [0.2, 0.25) is 0 Å². The van der Waals surface area contributed by atoms with Crippen LogP contribution in [0.5, 0.6) is 0 Å². The summed E-state index contributed by atoms with van der Waals surface area (Å²) >= 11 is 1.34. The number of benzene rings is 1. The normalized spacial score (nSPS) is 16.3. The number of nitrogens with zero attached hydrogens (tertiary/aromatic N) is 1. The average Bonchev–Trinajstić information content (AvgIpc) is 2.89. The first-order valence-corrected chi connectivity index (χ1v) is 7.57. The number of carbonyl (C=O) groups excluding carboxylic acids is 1. The fourth-order valence-corrected chi connectivity index (χ4v) is 3.62. The van der Waals surface area contributed by atoms with Crippen molar-refractivity contribution in [2.75, 3.05) is 13.1 Å². The number of carboxylic acid groups (broad SMARTS) is 1. The van der Waals surface area contributed by atoms with Crippen molar-refractivity contribution < 1.29 is 19.1 Å². The molecule has 0 unspecified atom stereocenters. The van der Waals surface area contributed by atoms with Crippen LogP contribution >= 0.6 is 11.3 Å². The van der Waals surface area contributed by atoms with E-state index in [-0.39, 0.29) is 17.6 Å². The molecule has 1 amide bonds. The highest BCUT2D eigenvalue weighted by atomic mass is 32.1. The molecule has 0 spiro atoms. The second-order valence-electron chi connectivity index (χ2n) is 5.20. The third kappa shape index (κ3) is 2.76. The molecule has 3 rings (SSSR count). The summed E-state index contributed by atoms with van der Waals surface area (Å²) in [5.41, 5.74) is 0. The molecule has 1 aliphatic rings. The Morgan fingerprint density at radius 3 is 2.62 bits per heavy atom. The minimum absolute atomic E-state index is 0.0968. The van der Waals surface area contributed by atoms with Crippen LogP contribution in [0.1, 0.15) is 22.5 Å². The van der Waals surface area contributed by atoms with Crippen LogP contribution in [0, 0.1) is 11.7 Å². The highest BCUT2D eigenvalue weighted by Crippen LogP contribution is 2.28. The molecule has 0 bridgehead atoms. The Hall–Kier alpha value is -1.95. The van der Waals surface area contributed by atoms with Crippen molar-refractivity contribution in [1.82, 2.24) is 4.90 Å². The maximum absolute atomic E-state index is 13.2. The SMILES string of the molecule is O=C(O)C1CCN(C(=O)c2cc3cc(F)ccc3s2)CC1. The van der Waals surface area contributed by atoms with Gasteiger partial charge in [-0.3, -0.25) is 9.59 Å². The number of amides is 1. The minimum atomic E-state index is -0.792. The summed E-state index contributed by atoms with van der Waals surface area (Å²) in [7, 11) is 0. The van der Waals surface area contributed by atoms with E-state index < -0.39 is 5.97 Å². The largest absolute Gasteiger partial charge is 0.481 e. The third-order valence-electron chi connectivity index (χ3n) is 3.82. The van der Waals surface area contributed by atoms with Crippen LogP contribution in [0.3, 0.4) is 0 Å². The van der Waals surface area contributed by atoms with E-state index in [9.17, 15) is 14.0 Å². The van der Waals surface area contributed by atoms with Crippen LogP contribution < -0.4 is 0 Å². The number of carboxylic acids is 1. The first kappa shape index (κ1) is 14.0. The molecular formula is C15H14FNO3S. The fraction of sp³-hybridized carbons (Fsp3) is 0.333. The highest BCUT2D eigenvalue weighted by molar-refractivity contribution is 7.20. The van der Waals surface area contributed by atoms with Crippen LogP contribution in [0.4, 0.5) is 4.39 Å². The number of piperidine rings is 1. The Morgan fingerprint density at radius 1 is 1.24 bits per heavy atom. The molecule has 1 saturated heterocycles. The van der Waals surface area contributed by atoms with E-state index in [0.717, 1.165) is 10.1 Å². The molecule has 2 aromatic rings. The maximum Gasteiger partial charge on any atom is 0.306 e. The second kappa shape index (κ2) is 5.44. The van der Waals surface area contributed by atoms with E-state index in [0.29, 0.717) is 30.8 Å². The van der Waals surface area contributed by atoms with Gasteiger partial charge in [0.25, 0.3) is 5.91 Å². The van der Waals surface area contributed by atoms with Gasteiger partial charge >= 0.3 is 5.97 Å². The van der Waals surface area contributed by atoms with Crippen molar-refractivity contribution in [1.29, 1.82) is 0 Å². The molecule has 110 valence electrons. The van der Waals surface area contributed by atoms with Crippen molar-refractivity contribution in [3.05, 3.63) is 35.0 Å². The number of halogens is 1. The van der Waals surface area contributed by atoms with Crippen LogP contribution in [0.2, 0.25) is 0 Å². The molecule has 21 heavy (non-hydrogen) atoms. The molecule has 1 aliphatic heterocycles. The quantitative estimate of drug-likeness (QED) is 0.928. The molecule has 0 atom stereocenters. The van der Waals surface area contributed by atoms with Gasteiger partial charge < -0.3 is 10.0 Å². The van der Waals surface area contributed by atoms with E-state index in [1.165, 1.54) is 23.5 Å². The maximum atomic E-state index is 13.2. The lowest BCUT2D eigenvalue weighted by molar-refractivity contribution is -0.143. The summed E-state index contributed by atoms with van der Waals surface area (Å²) in [6.45, 7) is 0.914. The zero-order valence-corrected chi connectivity index (χ0v) is 12.0. The van der Waals surface area contributed by atoms with Gasteiger partial charge in [-0.05, 0) is 42.5 Å². The first-order valence-electron chi connectivity index (χ1n) is 6.76. The predicted molar refractivity (Wildman–Crippen MR) is 78.0 cm³/mol. The van der Waals surface area contributed by atoms with Gasteiger partial charge in [0.15, 0.2) is 0 Å². The Morgan fingerprint density at radius 2 is 1.95 bits per heavy atom. The van der Waals surface area contributed by atoms with Crippen molar-refractivity contribution in [2.45, 2.75) is 12.8 Å². The van der Waals surface area contributed by atoms with Crippen molar-refractivity contribution in [3.63, 3.8) is 0 Å². The van der Waals surface area contributed by atoms with Gasteiger partial charge in [0.1, 0.15) is 5.82 Å². The zero-order valence-electron chi connectivity index (χ0n) is 11.2. The lowest BCUT2D eigenvalue weighted by atomic mass is 9.97. The molecular weight excluding hydrogens is 293 g/mol. The molecule has 1 N–H and O–H groups in total. The van der Waals surface area contributed by atoms with E-state index in [1.807, 2.05) is 0 Å². The molecule has 2 heterocycles. The number of hydrogen-bond donors (Lipinski definition) is 1. The van der Waals surface area contributed by atoms with E-state index >= 15 is 0 Å². The van der Waals surface area contributed by atoms with E-state index in [2.05, 4.69) is 0 Å². The number of hydrogen-bond acceptors (Lipinski definition) is 3. The monoisotopic (exact) mass is 307 g/mol. The second-order valence-corrected chi connectivity index (χ2v) is 6.28. The first-order chi connectivity index (χ1) is 10.0. The number of aliphatic carboxylic acids is 1. The summed E-state index contributed by atoms with van der Waals surface area (Å²) < 4.78 is 14.0. The smallest absolute Gasteiger partial charge is 0.306 e. The van der Waals surface area contributed by atoms with Gasteiger partial charge in [-0.15, -0.1) is 11.3 Å². The lowest BCUT2D eigenvalue weighted by Crippen LogP contribution is -2.39. The van der Waals surface area contributed by atoms with Crippen LogP contribution in [-0.4, -0.2) is 35.0 Å². The van der Waals surface area contributed by atoms with Gasteiger partial charge in [-0.25, -0.2) is 4.39 Å². The molecule has 1 fully saturated rings. The molecule has 0 radical (unpaired) electrons. The topological polar surface area (TPSA) is 57.6 Å². The van der Waals surface area contributed by atoms with Gasteiger partial charge in [-0.1, -0.05) is 0 Å². The number of likely N-dealkylation sites (tertiary alicyclic amines) is 1. The van der Waals surface area contributed by atoms with E-state index in [1.54, 1.807) is 17.0 Å². The summed E-state index contributed by atoms with van der Waals surface area (Å²) in [5.74, 6) is -1.56. The van der Waals surface area contributed by atoms with Crippen molar-refractivity contribution >= 4 is 33.3 Å². The Bertz CT molecular complexity index is 704. The van der Waals surface area contributed by atoms with Gasteiger partial charge in [-0.2, -0.15) is 0 Å². The highest BCUT2D eigenvalue weighted by Gasteiger charge is 2.28. The van der Waals surface area contributed by atoms with Crippen molar-refractivity contribution in [2.24, 2.45) is 5.92 Å². The lowest BCUT2D eigenvalue weighted by Gasteiger charge is -2.29. The molecule has 6 heteroatoms. The third-order valence-corrected chi connectivity index (χ3v) is 4.92. The summed E-state index contributed by atoms with van der Waals surface area (Å²) in [6, 6.07) is 6.17. The number of fused-ring (bicyclic) bond motifs is 1. The zero-order chi connectivity index (χ0) is 15.0. The number of thiophene rings is 1. The van der Waals surface area contributed by atoms with Crippen LogP contribution in [0.15, 0.2) is 24.3 Å². The summed E-state index contributed by atoms with van der Waals surface area (Å²) in [6.07, 6.45) is 0.973. The standard InChI is InChI=1S/C15H14FNO3S/c16-11-1-2-12-10(7-11)8-13(21-12)14(18)17-5-3-9(4-6-17)15(19)20/h1-2,7-9H,3-6H2,(H,19,20). The molecule has 1 aromatic heterocycles. The summed E-state index contributed by atoms with van der Waals surface area (Å²) in [5, 5.41) is 9.69. The van der Waals surface area contributed by atoms with Crippen molar-refractivity contribution in [3.8, 4) is 0 Å². The average molecular weight is 307 g/mol. The Labute approximate surface area is 124 Å². The summed E-state index contributed by atoms with van der Waals surface area (Å²) in [4.78, 5) is 25.6. The predicted octanol–water partition coefficient (Wildman–Crippen LogP) is 2.98. The molecule has 0 aliphatic carbocycles. The molecule has 4 nitrogen and oxygen atoms in total. The Kier molecular flexibility index (Phi) is 3.63. The van der Waals surface area contributed by atoms with Crippen LogP contribution in [0.25, 0.3) is 10.1 Å². The number of rotatable bonds is 2. The van der Waals surface area contributed by atoms with Gasteiger partial charge in [0.05, 0.1) is 10.8 Å². The molecule has 0 saturated carbocycles.